The van der Waals surface area contributed by atoms with E-state index in [1.54, 1.807) is 29.2 Å². The highest BCUT2D eigenvalue weighted by molar-refractivity contribution is 5.97. The van der Waals surface area contributed by atoms with Crippen molar-refractivity contribution < 1.29 is 14.3 Å². The van der Waals surface area contributed by atoms with Gasteiger partial charge < -0.3 is 19.9 Å². The average Bonchev–Trinajstić information content (AvgIpc) is 2.98. The van der Waals surface area contributed by atoms with Crippen LogP contribution in [0.5, 0.6) is 0 Å². The molecule has 2 rings (SSSR count). The molecular weight excluding hydrogens is 320 g/mol. The van der Waals surface area contributed by atoms with E-state index in [1.807, 2.05) is 19.9 Å². The number of carbonyl (C=O) groups is 2. The number of ether oxygens (including phenoxy) is 1. The minimum atomic E-state index is -0.653. The highest BCUT2D eigenvalue weighted by Gasteiger charge is 2.22. The van der Waals surface area contributed by atoms with Crippen molar-refractivity contribution in [2.75, 3.05) is 25.9 Å². The Morgan fingerprint density at radius 2 is 2.00 bits per heavy atom. The van der Waals surface area contributed by atoms with E-state index in [0.717, 1.165) is 0 Å². The second kappa shape index (κ2) is 7.53. The van der Waals surface area contributed by atoms with Crippen molar-refractivity contribution >= 4 is 17.6 Å². The van der Waals surface area contributed by atoms with Crippen LogP contribution < -0.4 is 5.73 Å². The lowest BCUT2D eigenvalue weighted by Gasteiger charge is -2.19. The number of carbonyl (C=O) groups excluding carboxylic acids is 2. The Morgan fingerprint density at radius 3 is 2.56 bits per heavy atom. The molecule has 2 N–H and O–H groups in total. The largest absolute Gasteiger partial charge is 0.464 e. The molecule has 1 heterocycles. The number of anilines is 1. The van der Waals surface area contributed by atoms with Crippen LogP contribution in [-0.2, 0) is 4.74 Å². The topological polar surface area (TPSA) is 101 Å². The molecule has 0 fully saturated rings. The number of hydrogen-bond acceptors (Lipinski definition) is 5. The van der Waals surface area contributed by atoms with Gasteiger partial charge in [-0.05, 0) is 32.0 Å². The van der Waals surface area contributed by atoms with Crippen LogP contribution in [0.3, 0.4) is 0 Å². The number of nitrogen functional groups attached to an aromatic ring is 1. The zero-order valence-corrected chi connectivity index (χ0v) is 14.4. The molecule has 1 amide bonds. The van der Waals surface area contributed by atoms with Gasteiger partial charge in [0, 0.05) is 30.5 Å². The fourth-order valence-corrected chi connectivity index (χ4v) is 2.60. The fourth-order valence-electron chi connectivity index (χ4n) is 2.60. The molecule has 25 heavy (non-hydrogen) atoms. The second-order valence-corrected chi connectivity index (χ2v) is 5.31. The summed E-state index contributed by atoms with van der Waals surface area (Å²) in [4.78, 5) is 26.3. The first-order valence-corrected chi connectivity index (χ1v) is 7.87. The molecule has 0 spiro atoms. The molecule has 2 aromatic rings. The van der Waals surface area contributed by atoms with Gasteiger partial charge in [-0.2, -0.15) is 5.26 Å². The zero-order valence-electron chi connectivity index (χ0n) is 14.4. The summed E-state index contributed by atoms with van der Waals surface area (Å²) in [7, 11) is 1.24. The Bertz CT molecular complexity index is 844. The molecule has 0 aliphatic carbocycles. The van der Waals surface area contributed by atoms with Crippen molar-refractivity contribution in [1.82, 2.24) is 9.47 Å². The molecule has 0 saturated carbocycles. The van der Waals surface area contributed by atoms with Crippen molar-refractivity contribution in [3.05, 3.63) is 47.3 Å². The van der Waals surface area contributed by atoms with Gasteiger partial charge in [0.2, 0.25) is 0 Å². The molecule has 0 radical (unpaired) electrons. The minimum Gasteiger partial charge on any atom is -0.464 e. The maximum atomic E-state index is 12.5. The lowest BCUT2D eigenvalue weighted by molar-refractivity contribution is 0.0592. The van der Waals surface area contributed by atoms with Gasteiger partial charge in [-0.15, -0.1) is 0 Å². The number of esters is 1. The number of aromatic nitrogens is 1. The summed E-state index contributed by atoms with van der Waals surface area (Å²) < 4.78 is 6.23. The third-order valence-electron chi connectivity index (χ3n) is 3.97. The number of nitrogens with two attached hydrogens (primary N) is 1. The molecule has 7 nitrogen and oxygen atoms in total. The highest BCUT2D eigenvalue weighted by Crippen LogP contribution is 2.25. The van der Waals surface area contributed by atoms with Gasteiger partial charge in [-0.1, -0.05) is 6.07 Å². The van der Waals surface area contributed by atoms with Crippen LogP contribution in [0.1, 0.15) is 40.3 Å². The number of methoxy groups -OCH3 is 1. The molecule has 0 bridgehead atoms. The zero-order chi connectivity index (χ0) is 18.6. The lowest BCUT2D eigenvalue weighted by atomic mass is 10.1. The summed E-state index contributed by atoms with van der Waals surface area (Å²) in [6.45, 7) is 5.02. The van der Waals surface area contributed by atoms with E-state index in [1.165, 1.54) is 17.9 Å². The fraction of sp³-hybridized carbons (Fsp3) is 0.278. The Kier molecular flexibility index (Phi) is 5.45. The second-order valence-electron chi connectivity index (χ2n) is 5.31. The quantitative estimate of drug-likeness (QED) is 0.841. The Balaban J connectivity index is 2.57. The van der Waals surface area contributed by atoms with Crippen LogP contribution in [0.15, 0.2) is 30.5 Å². The third-order valence-corrected chi connectivity index (χ3v) is 3.97. The van der Waals surface area contributed by atoms with E-state index in [0.29, 0.717) is 24.3 Å². The average molecular weight is 340 g/mol. The molecule has 0 aliphatic rings. The van der Waals surface area contributed by atoms with Gasteiger partial charge >= 0.3 is 5.97 Å². The van der Waals surface area contributed by atoms with E-state index in [-0.39, 0.29) is 22.9 Å². The minimum absolute atomic E-state index is 0.0508. The van der Waals surface area contributed by atoms with Crippen LogP contribution in [0, 0.1) is 11.3 Å². The van der Waals surface area contributed by atoms with Gasteiger partial charge in [-0.25, -0.2) is 4.79 Å². The number of benzene rings is 1. The van der Waals surface area contributed by atoms with Crippen molar-refractivity contribution in [2.45, 2.75) is 13.8 Å². The van der Waals surface area contributed by atoms with Crippen molar-refractivity contribution in [3.8, 4) is 11.8 Å². The smallest absolute Gasteiger partial charge is 0.357 e. The molecule has 130 valence electrons. The standard InChI is InChI=1S/C18H20N4O3/c1-4-21(5-2)17(23)12-7-6-8-14(9-12)22-11-13(10-19)15(20)16(22)18(24)25-3/h6-9,11H,4-5,20H2,1-3H3. The maximum absolute atomic E-state index is 12.5. The van der Waals surface area contributed by atoms with Crippen LogP contribution in [0.2, 0.25) is 0 Å². The first-order chi connectivity index (χ1) is 12.0. The van der Waals surface area contributed by atoms with E-state index < -0.39 is 5.97 Å². The van der Waals surface area contributed by atoms with Gasteiger partial charge in [0.25, 0.3) is 5.91 Å². The molecule has 7 heteroatoms. The highest BCUT2D eigenvalue weighted by atomic mass is 16.5. The van der Waals surface area contributed by atoms with E-state index in [4.69, 9.17) is 10.5 Å². The number of hydrogen-bond donors (Lipinski definition) is 1. The predicted molar refractivity (Wildman–Crippen MR) is 93.5 cm³/mol. The van der Waals surface area contributed by atoms with E-state index in [2.05, 4.69) is 0 Å². The van der Waals surface area contributed by atoms with Gasteiger partial charge in [0.15, 0.2) is 5.69 Å². The molecule has 0 saturated heterocycles. The molecule has 1 aromatic carbocycles. The lowest BCUT2D eigenvalue weighted by Crippen LogP contribution is -2.30. The Hall–Kier alpha value is -3.27. The van der Waals surface area contributed by atoms with Crippen LogP contribution in [0.4, 0.5) is 5.69 Å². The van der Waals surface area contributed by atoms with E-state index >= 15 is 0 Å². The summed E-state index contributed by atoms with van der Waals surface area (Å²) in [5.74, 6) is -0.758. The van der Waals surface area contributed by atoms with Crippen LogP contribution >= 0.6 is 0 Å². The van der Waals surface area contributed by atoms with Gasteiger partial charge in [-0.3, -0.25) is 4.79 Å². The third kappa shape index (κ3) is 3.33. The molecule has 0 unspecified atom stereocenters. The normalized spacial score (nSPS) is 10.2. The Labute approximate surface area is 146 Å². The molecular formula is C18H20N4O3. The van der Waals surface area contributed by atoms with Gasteiger partial charge in [0.05, 0.1) is 18.4 Å². The summed E-state index contributed by atoms with van der Waals surface area (Å²) in [5, 5.41) is 9.18. The van der Waals surface area contributed by atoms with Crippen molar-refractivity contribution in [1.29, 1.82) is 5.26 Å². The first-order valence-electron chi connectivity index (χ1n) is 7.87. The number of amides is 1. The summed E-state index contributed by atoms with van der Waals surface area (Å²) in [5.41, 5.74) is 7.21. The first kappa shape index (κ1) is 18.1. The Morgan fingerprint density at radius 1 is 1.32 bits per heavy atom. The SMILES string of the molecule is CCN(CC)C(=O)c1cccc(-n2cc(C#N)c(N)c2C(=O)OC)c1. The van der Waals surface area contributed by atoms with Crippen molar-refractivity contribution in [2.24, 2.45) is 0 Å². The monoisotopic (exact) mass is 340 g/mol. The number of rotatable bonds is 5. The van der Waals surface area contributed by atoms with Gasteiger partial charge in [0.1, 0.15) is 6.07 Å². The number of nitriles is 1. The van der Waals surface area contributed by atoms with Crippen LogP contribution in [-0.4, -0.2) is 41.5 Å². The molecule has 1 aromatic heterocycles. The van der Waals surface area contributed by atoms with Crippen molar-refractivity contribution in [3.63, 3.8) is 0 Å². The molecule has 0 atom stereocenters. The van der Waals surface area contributed by atoms with E-state index in [9.17, 15) is 14.9 Å². The molecule has 0 aliphatic heterocycles. The van der Waals surface area contributed by atoms with Crippen LogP contribution in [0.25, 0.3) is 5.69 Å². The summed E-state index contributed by atoms with van der Waals surface area (Å²) in [6, 6.07) is 8.76. The maximum Gasteiger partial charge on any atom is 0.357 e. The predicted octanol–water partition coefficient (Wildman–Crippen LogP) is 2.20. The number of nitrogens with zero attached hydrogens (tertiary/aromatic N) is 3. The summed E-state index contributed by atoms with van der Waals surface area (Å²) in [6.07, 6.45) is 1.46. The summed E-state index contributed by atoms with van der Waals surface area (Å²) >= 11 is 0.